The molecule has 1 aromatic carbocycles. The highest BCUT2D eigenvalue weighted by Crippen LogP contribution is 2.19. The minimum Gasteiger partial charge on any atom is -0.366 e. The molecule has 100 valence electrons. The summed E-state index contributed by atoms with van der Waals surface area (Å²) in [5.74, 6) is -0.995. The van der Waals surface area contributed by atoms with E-state index in [0.717, 1.165) is 5.56 Å². The molecule has 0 aliphatic rings. The predicted octanol–water partition coefficient (Wildman–Crippen LogP) is 1.39. The van der Waals surface area contributed by atoms with Crippen molar-refractivity contribution in [3.05, 3.63) is 47.5 Å². The maximum atomic E-state index is 14.0. The van der Waals surface area contributed by atoms with Crippen molar-refractivity contribution in [3.8, 4) is 5.69 Å². The van der Waals surface area contributed by atoms with Gasteiger partial charge in [0.05, 0.1) is 11.8 Å². The maximum Gasteiger partial charge on any atom is 0.251 e. The van der Waals surface area contributed by atoms with Gasteiger partial charge >= 0.3 is 0 Å². The molecule has 1 aromatic heterocycles. The lowest BCUT2D eigenvalue weighted by atomic mass is 10.1. The Morgan fingerprint density at radius 2 is 2.26 bits per heavy atom. The standard InChI is InChI=1S/C13H15FN4O/c1-8(16-2)9-3-4-12(11(14)5-9)18-7-10(6-17-18)13(15)19/h3-8,16H,1-2H3,(H2,15,19). The third-order valence-electron chi connectivity index (χ3n) is 3.02. The van der Waals surface area contributed by atoms with E-state index < -0.39 is 11.7 Å². The van der Waals surface area contributed by atoms with E-state index in [9.17, 15) is 9.18 Å². The number of halogens is 1. The molecule has 0 aliphatic heterocycles. The summed E-state index contributed by atoms with van der Waals surface area (Å²) in [5.41, 5.74) is 6.49. The van der Waals surface area contributed by atoms with Gasteiger partial charge in [0.1, 0.15) is 11.5 Å². The van der Waals surface area contributed by atoms with Gasteiger partial charge in [0.2, 0.25) is 0 Å². The van der Waals surface area contributed by atoms with Crippen LogP contribution in [0.2, 0.25) is 0 Å². The van der Waals surface area contributed by atoms with Crippen LogP contribution in [0.15, 0.2) is 30.6 Å². The summed E-state index contributed by atoms with van der Waals surface area (Å²) in [7, 11) is 1.81. The summed E-state index contributed by atoms with van der Waals surface area (Å²) in [6.07, 6.45) is 2.72. The number of nitrogens with zero attached hydrogens (tertiary/aromatic N) is 2. The zero-order valence-electron chi connectivity index (χ0n) is 10.7. The Bertz CT molecular complexity index is 608. The first-order valence-corrected chi connectivity index (χ1v) is 5.84. The van der Waals surface area contributed by atoms with Crippen LogP contribution >= 0.6 is 0 Å². The summed E-state index contributed by atoms with van der Waals surface area (Å²) in [6.45, 7) is 1.94. The van der Waals surface area contributed by atoms with Crippen molar-refractivity contribution in [1.82, 2.24) is 15.1 Å². The van der Waals surface area contributed by atoms with Gasteiger partial charge in [-0.05, 0) is 31.7 Å². The van der Waals surface area contributed by atoms with Gasteiger partial charge in [-0.3, -0.25) is 4.79 Å². The minimum atomic E-state index is -0.591. The summed E-state index contributed by atoms with van der Waals surface area (Å²) < 4.78 is 15.3. The summed E-state index contributed by atoms with van der Waals surface area (Å²) in [5, 5.41) is 6.96. The SMILES string of the molecule is CNC(C)c1ccc(-n2cc(C(N)=O)cn2)c(F)c1. The predicted molar refractivity (Wildman–Crippen MR) is 69.5 cm³/mol. The Hall–Kier alpha value is -2.21. The number of rotatable bonds is 4. The molecule has 2 aromatic rings. The van der Waals surface area contributed by atoms with Crippen molar-refractivity contribution in [1.29, 1.82) is 0 Å². The van der Waals surface area contributed by atoms with Crippen molar-refractivity contribution in [3.63, 3.8) is 0 Å². The normalized spacial score (nSPS) is 12.4. The number of benzene rings is 1. The van der Waals surface area contributed by atoms with Crippen molar-refractivity contribution in [2.45, 2.75) is 13.0 Å². The smallest absolute Gasteiger partial charge is 0.251 e. The second-order valence-corrected chi connectivity index (χ2v) is 4.26. The number of hydrogen-bond donors (Lipinski definition) is 2. The van der Waals surface area contributed by atoms with Gasteiger partial charge in [-0.2, -0.15) is 5.10 Å². The number of primary amides is 1. The molecule has 0 aliphatic carbocycles. The number of nitrogens with one attached hydrogen (secondary N) is 1. The third kappa shape index (κ3) is 2.63. The van der Waals surface area contributed by atoms with Crippen molar-refractivity contribution >= 4 is 5.91 Å². The first-order valence-electron chi connectivity index (χ1n) is 5.84. The second kappa shape index (κ2) is 5.19. The molecule has 1 heterocycles. The fraction of sp³-hybridized carbons (Fsp3) is 0.231. The third-order valence-corrected chi connectivity index (χ3v) is 3.02. The van der Waals surface area contributed by atoms with Crippen LogP contribution in [0.3, 0.4) is 0 Å². The monoisotopic (exact) mass is 262 g/mol. The molecule has 0 spiro atoms. The van der Waals surface area contributed by atoms with E-state index in [1.807, 2.05) is 20.0 Å². The zero-order valence-corrected chi connectivity index (χ0v) is 10.7. The van der Waals surface area contributed by atoms with E-state index in [4.69, 9.17) is 5.73 Å². The Balaban J connectivity index is 2.37. The molecular formula is C13H15FN4O. The van der Waals surface area contributed by atoms with E-state index in [1.165, 1.54) is 23.1 Å². The molecule has 0 saturated heterocycles. The molecule has 2 rings (SSSR count). The van der Waals surface area contributed by atoms with Gasteiger partial charge < -0.3 is 11.1 Å². The molecule has 6 heteroatoms. The molecule has 3 N–H and O–H groups in total. The van der Waals surface area contributed by atoms with Crippen molar-refractivity contribution in [2.24, 2.45) is 5.73 Å². The van der Waals surface area contributed by atoms with E-state index in [2.05, 4.69) is 10.4 Å². The maximum absolute atomic E-state index is 14.0. The highest BCUT2D eigenvalue weighted by atomic mass is 19.1. The Kier molecular flexibility index (Phi) is 3.62. The molecule has 0 radical (unpaired) electrons. The highest BCUT2D eigenvalue weighted by molar-refractivity contribution is 5.92. The Morgan fingerprint density at radius 3 is 2.79 bits per heavy atom. The molecule has 5 nitrogen and oxygen atoms in total. The van der Waals surface area contributed by atoms with Crippen LogP contribution in [-0.4, -0.2) is 22.7 Å². The van der Waals surface area contributed by atoms with Crippen LogP contribution in [0, 0.1) is 5.82 Å². The van der Waals surface area contributed by atoms with Gasteiger partial charge in [0.15, 0.2) is 0 Å². The minimum absolute atomic E-state index is 0.0577. The fourth-order valence-electron chi connectivity index (χ4n) is 1.73. The number of hydrogen-bond acceptors (Lipinski definition) is 3. The van der Waals surface area contributed by atoms with Gasteiger partial charge in [-0.25, -0.2) is 9.07 Å². The van der Waals surface area contributed by atoms with Gasteiger partial charge in [-0.1, -0.05) is 6.07 Å². The molecular weight excluding hydrogens is 247 g/mol. The van der Waals surface area contributed by atoms with Gasteiger partial charge in [-0.15, -0.1) is 0 Å². The quantitative estimate of drug-likeness (QED) is 0.874. The van der Waals surface area contributed by atoms with E-state index in [1.54, 1.807) is 6.07 Å². The summed E-state index contributed by atoms with van der Waals surface area (Å²) >= 11 is 0. The number of carbonyl (C=O) groups excluding carboxylic acids is 1. The Morgan fingerprint density at radius 1 is 1.53 bits per heavy atom. The largest absolute Gasteiger partial charge is 0.366 e. The lowest BCUT2D eigenvalue weighted by Gasteiger charge is -2.12. The molecule has 0 saturated carbocycles. The van der Waals surface area contributed by atoms with Crippen molar-refractivity contribution < 1.29 is 9.18 Å². The number of carbonyl (C=O) groups is 1. The molecule has 19 heavy (non-hydrogen) atoms. The summed E-state index contributed by atoms with van der Waals surface area (Å²) in [6, 6.07) is 4.94. The van der Waals surface area contributed by atoms with E-state index >= 15 is 0 Å². The van der Waals surface area contributed by atoms with Gasteiger partial charge in [0, 0.05) is 12.2 Å². The number of aromatic nitrogens is 2. The average molecular weight is 262 g/mol. The molecule has 1 amide bonds. The number of amides is 1. The number of nitrogens with two attached hydrogens (primary N) is 1. The fourth-order valence-corrected chi connectivity index (χ4v) is 1.73. The topological polar surface area (TPSA) is 72.9 Å². The Labute approximate surface area is 110 Å². The lowest BCUT2D eigenvalue weighted by Crippen LogP contribution is -2.13. The summed E-state index contributed by atoms with van der Waals surface area (Å²) in [4.78, 5) is 11.0. The van der Waals surface area contributed by atoms with E-state index in [0.29, 0.717) is 0 Å². The van der Waals surface area contributed by atoms with Gasteiger partial charge in [0.25, 0.3) is 5.91 Å². The van der Waals surface area contributed by atoms with Crippen LogP contribution in [0.1, 0.15) is 28.9 Å². The zero-order chi connectivity index (χ0) is 14.0. The first-order chi connectivity index (χ1) is 9.02. The second-order valence-electron chi connectivity index (χ2n) is 4.26. The van der Waals surface area contributed by atoms with Crippen LogP contribution in [0.4, 0.5) is 4.39 Å². The van der Waals surface area contributed by atoms with Crippen LogP contribution in [-0.2, 0) is 0 Å². The van der Waals surface area contributed by atoms with E-state index in [-0.39, 0.29) is 17.3 Å². The van der Waals surface area contributed by atoms with Crippen LogP contribution in [0.5, 0.6) is 0 Å². The first kappa shape index (κ1) is 13.2. The lowest BCUT2D eigenvalue weighted by molar-refractivity contribution is 0.100. The average Bonchev–Trinajstić information content (AvgIpc) is 2.87. The van der Waals surface area contributed by atoms with Crippen LogP contribution < -0.4 is 11.1 Å². The molecule has 1 unspecified atom stereocenters. The van der Waals surface area contributed by atoms with Crippen molar-refractivity contribution in [2.75, 3.05) is 7.05 Å². The molecule has 0 fully saturated rings. The molecule has 1 atom stereocenters. The molecule has 0 bridgehead atoms. The highest BCUT2D eigenvalue weighted by Gasteiger charge is 2.11. The van der Waals surface area contributed by atoms with Crippen LogP contribution in [0.25, 0.3) is 5.69 Å².